The quantitative estimate of drug-likeness (QED) is 0.427. The highest BCUT2D eigenvalue weighted by Gasteiger charge is 2.24. The fourth-order valence-corrected chi connectivity index (χ4v) is 2.64. The van der Waals surface area contributed by atoms with Crippen LogP contribution in [0.2, 0.25) is 0 Å². The second kappa shape index (κ2) is 14.5. The van der Waals surface area contributed by atoms with Crippen molar-refractivity contribution in [2.45, 2.75) is 79.1 Å². The van der Waals surface area contributed by atoms with E-state index in [-0.39, 0.29) is 0 Å². The number of hydrogen-bond acceptors (Lipinski definition) is 0. The fourth-order valence-electron chi connectivity index (χ4n) is 2.64. The van der Waals surface area contributed by atoms with Crippen LogP contribution in [0.5, 0.6) is 0 Å². The Morgan fingerprint density at radius 3 is 0.773 bits per heavy atom. The van der Waals surface area contributed by atoms with Crippen molar-refractivity contribution in [3.05, 3.63) is 0 Å². The Labute approximate surface area is 143 Å². The number of quaternary nitrogens is 2. The Morgan fingerprint density at radius 2 is 0.636 bits per heavy atom. The summed E-state index contributed by atoms with van der Waals surface area (Å²) < 4.78 is 2.42. The van der Waals surface area contributed by atoms with E-state index in [0.29, 0.717) is 0 Å². The van der Waals surface area contributed by atoms with Crippen LogP contribution < -0.4 is 0 Å². The van der Waals surface area contributed by atoms with Gasteiger partial charge in [-0.05, 0) is 25.7 Å². The Bertz CT molecular complexity index is 175. The van der Waals surface area contributed by atoms with Gasteiger partial charge in [0.15, 0.2) is 0 Å². The van der Waals surface area contributed by atoms with Crippen molar-refractivity contribution < 1.29 is 8.97 Å². The Hall–Kier alpha value is -0.0800. The smallest absolute Gasteiger partial charge is 0.0786 e. The van der Waals surface area contributed by atoms with Gasteiger partial charge in [-0.3, -0.25) is 0 Å². The van der Waals surface area contributed by atoms with E-state index in [4.69, 9.17) is 0 Å². The van der Waals surface area contributed by atoms with Gasteiger partial charge in [-0.2, -0.15) is 0 Å². The number of nitrogens with zero attached hydrogens (tertiary/aromatic N) is 2. The zero-order valence-electron chi connectivity index (χ0n) is 17.4. The third-order valence-corrected chi connectivity index (χ3v) is 3.94. The molecule has 0 aliphatic rings. The summed E-state index contributed by atoms with van der Waals surface area (Å²) in [7, 11) is 8.50. The van der Waals surface area contributed by atoms with Crippen LogP contribution in [0, 0.1) is 0 Å². The van der Waals surface area contributed by atoms with Gasteiger partial charge in [-0.15, -0.1) is 0 Å². The van der Waals surface area contributed by atoms with Crippen LogP contribution in [-0.2, 0) is 0 Å². The van der Waals surface area contributed by atoms with E-state index in [1.807, 2.05) is 0 Å². The molecule has 0 heterocycles. The lowest BCUT2D eigenvalue weighted by atomic mass is 10.1. The summed E-state index contributed by atoms with van der Waals surface area (Å²) in [5, 5.41) is 0. The zero-order chi connectivity index (χ0) is 17.5. The van der Waals surface area contributed by atoms with E-state index in [1.165, 1.54) is 82.0 Å². The largest absolute Gasteiger partial charge is 0.333 e. The summed E-state index contributed by atoms with van der Waals surface area (Å²) in [5.41, 5.74) is 0. The number of unbranched alkanes of at least 4 members (excludes halogenated alkanes) is 4. The normalized spacial score (nSPS) is 12.0. The molecule has 0 fully saturated rings. The van der Waals surface area contributed by atoms with Crippen molar-refractivity contribution in [2.24, 2.45) is 0 Å². The topological polar surface area (TPSA) is 0 Å². The minimum atomic E-state index is 1.00. The molecular weight excluding hydrogens is 268 g/mol. The first-order valence-electron chi connectivity index (χ1n) is 9.88. The van der Waals surface area contributed by atoms with Crippen LogP contribution in [0.25, 0.3) is 0 Å². The molecule has 0 aromatic heterocycles. The summed E-state index contributed by atoms with van der Waals surface area (Å²) in [4.78, 5) is 0. The molecule has 0 amide bonds. The Balaban J connectivity index is 0. The van der Waals surface area contributed by atoms with Crippen molar-refractivity contribution >= 4 is 0 Å². The Morgan fingerprint density at radius 1 is 0.455 bits per heavy atom. The molecule has 136 valence electrons. The molecule has 0 unspecified atom stereocenters. The van der Waals surface area contributed by atoms with Crippen LogP contribution in [0.1, 0.15) is 79.1 Å². The predicted molar refractivity (Wildman–Crippen MR) is 103 cm³/mol. The maximum Gasteiger partial charge on any atom is 0.0786 e. The van der Waals surface area contributed by atoms with Crippen LogP contribution in [0.3, 0.4) is 0 Å². The first kappa shape index (κ1) is 24.2. The number of hydrogen-bond donors (Lipinski definition) is 0. The average molecular weight is 317 g/mol. The molecule has 22 heavy (non-hydrogen) atoms. The molecular formula is C20H48N2+2. The molecule has 0 aromatic rings. The fraction of sp³-hybridized carbons (Fsp3) is 1.00. The predicted octanol–water partition coefficient (Wildman–Crippen LogP) is 5.33. The minimum Gasteiger partial charge on any atom is -0.333 e. The van der Waals surface area contributed by atoms with Gasteiger partial charge >= 0.3 is 0 Å². The molecule has 0 aliphatic carbocycles. The molecule has 0 N–H and O–H groups in total. The maximum atomic E-state index is 2.33. The maximum absolute atomic E-state index is 2.33. The van der Waals surface area contributed by atoms with E-state index in [0.717, 1.165) is 4.48 Å². The van der Waals surface area contributed by atoms with Gasteiger partial charge in [0, 0.05) is 0 Å². The monoisotopic (exact) mass is 316 g/mol. The molecule has 0 atom stereocenters. The SMILES string of the molecule is CCCC[N+](CCCC)(CCCC)CCCC.C[N+](C)(C)C. The highest BCUT2D eigenvalue weighted by Crippen LogP contribution is 2.16. The molecule has 0 spiro atoms. The van der Waals surface area contributed by atoms with Crippen molar-refractivity contribution in [3.8, 4) is 0 Å². The van der Waals surface area contributed by atoms with Gasteiger partial charge in [0.2, 0.25) is 0 Å². The van der Waals surface area contributed by atoms with Crippen molar-refractivity contribution in [1.29, 1.82) is 0 Å². The summed E-state index contributed by atoms with van der Waals surface area (Å²) in [6.07, 6.45) is 11.1. The van der Waals surface area contributed by atoms with Gasteiger partial charge in [0.05, 0.1) is 54.4 Å². The van der Waals surface area contributed by atoms with Crippen LogP contribution in [0.15, 0.2) is 0 Å². The van der Waals surface area contributed by atoms with Crippen LogP contribution in [0.4, 0.5) is 0 Å². The number of rotatable bonds is 12. The third kappa shape index (κ3) is 18.0. The van der Waals surface area contributed by atoms with Crippen LogP contribution in [-0.4, -0.2) is 63.3 Å². The minimum absolute atomic E-state index is 1.00. The molecule has 0 aliphatic heterocycles. The molecule has 0 bridgehead atoms. The molecule has 0 rings (SSSR count). The summed E-state index contributed by atoms with van der Waals surface area (Å²) in [5.74, 6) is 0. The van der Waals surface area contributed by atoms with Gasteiger partial charge in [-0.25, -0.2) is 0 Å². The van der Waals surface area contributed by atoms with Crippen molar-refractivity contribution in [2.75, 3.05) is 54.4 Å². The zero-order valence-corrected chi connectivity index (χ0v) is 17.4. The van der Waals surface area contributed by atoms with E-state index < -0.39 is 0 Å². The highest BCUT2D eigenvalue weighted by molar-refractivity contribution is 4.49. The van der Waals surface area contributed by atoms with E-state index in [2.05, 4.69) is 55.9 Å². The van der Waals surface area contributed by atoms with Gasteiger partial charge < -0.3 is 8.97 Å². The third-order valence-electron chi connectivity index (χ3n) is 3.94. The van der Waals surface area contributed by atoms with Gasteiger partial charge in [-0.1, -0.05) is 53.4 Å². The first-order valence-corrected chi connectivity index (χ1v) is 9.88. The average Bonchev–Trinajstić information content (AvgIpc) is 2.44. The lowest BCUT2D eigenvalue weighted by Crippen LogP contribution is -2.50. The summed E-state index contributed by atoms with van der Waals surface area (Å²) in [6, 6.07) is 0. The second-order valence-electron chi connectivity index (χ2n) is 8.33. The van der Waals surface area contributed by atoms with E-state index in [9.17, 15) is 0 Å². The molecule has 2 heteroatoms. The van der Waals surface area contributed by atoms with Gasteiger partial charge in [0.1, 0.15) is 0 Å². The lowest BCUT2D eigenvalue weighted by molar-refractivity contribution is -0.929. The molecule has 0 saturated carbocycles. The second-order valence-corrected chi connectivity index (χ2v) is 8.33. The van der Waals surface area contributed by atoms with E-state index >= 15 is 0 Å². The molecule has 0 aromatic carbocycles. The van der Waals surface area contributed by atoms with Crippen molar-refractivity contribution in [1.82, 2.24) is 0 Å². The molecule has 0 radical (unpaired) electrons. The van der Waals surface area contributed by atoms with Crippen LogP contribution >= 0.6 is 0 Å². The lowest BCUT2D eigenvalue weighted by Gasteiger charge is -2.39. The highest BCUT2D eigenvalue weighted by atomic mass is 15.3. The molecule has 2 nitrogen and oxygen atoms in total. The Kier molecular flexibility index (Phi) is 15.9. The summed E-state index contributed by atoms with van der Waals surface area (Å²) in [6.45, 7) is 15.0. The molecule has 0 saturated heterocycles. The van der Waals surface area contributed by atoms with Crippen molar-refractivity contribution in [3.63, 3.8) is 0 Å². The van der Waals surface area contributed by atoms with Gasteiger partial charge in [0.25, 0.3) is 0 Å². The first-order chi connectivity index (χ1) is 10.2. The summed E-state index contributed by atoms with van der Waals surface area (Å²) >= 11 is 0. The standard InChI is InChI=1S/C16H36N.C4H12N/c1-5-9-13-17(14-10-6-2,15-11-7-3)16-12-8-4;1-5(2,3)4/h5-16H2,1-4H3;1-4H3/q2*+1. The van der Waals surface area contributed by atoms with E-state index in [1.54, 1.807) is 0 Å².